The molecule has 110 valence electrons. The maximum Gasteiger partial charge on any atom is 0.305 e. The molecule has 0 aliphatic rings. The number of esters is 2. The Morgan fingerprint density at radius 1 is 0.750 bits per heavy atom. The van der Waals surface area contributed by atoms with Gasteiger partial charge in [0.15, 0.2) is 0 Å². The molecule has 20 heavy (non-hydrogen) atoms. The number of hydrogen-bond donors (Lipinski definition) is 0. The first-order valence-electron chi connectivity index (χ1n) is 6.89. The van der Waals surface area contributed by atoms with Gasteiger partial charge in [0, 0.05) is 25.7 Å². The fourth-order valence-electron chi connectivity index (χ4n) is 1.40. The number of rotatable bonds is 11. The smallest absolute Gasteiger partial charge is 0.305 e. The highest BCUT2D eigenvalue weighted by atomic mass is 16.5. The first-order chi connectivity index (χ1) is 9.70. The number of unbranched alkanes of at least 4 members (excludes halogenated alkanes) is 3. The number of carbonyl (C=O) groups is 2. The van der Waals surface area contributed by atoms with E-state index in [0.717, 1.165) is 0 Å². The van der Waals surface area contributed by atoms with E-state index in [-0.39, 0.29) is 11.9 Å². The maximum absolute atomic E-state index is 11.3. The molecule has 0 aliphatic heterocycles. The predicted molar refractivity (Wildman–Crippen MR) is 76.5 cm³/mol. The largest absolute Gasteiger partial charge is 0.466 e. The molecule has 0 atom stereocenters. The molecule has 0 unspecified atom stereocenters. The van der Waals surface area contributed by atoms with E-state index in [0.29, 0.717) is 64.6 Å². The molecule has 0 saturated carbocycles. The van der Waals surface area contributed by atoms with Gasteiger partial charge in [-0.15, -0.1) is 24.7 Å². The second kappa shape index (κ2) is 13.5. The number of ether oxygens (including phenoxy) is 2. The van der Waals surface area contributed by atoms with Crippen molar-refractivity contribution >= 4 is 11.9 Å². The van der Waals surface area contributed by atoms with Crippen molar-refractivity contribution < 1.29 is 19.1 Å². The molecule has 0 radical (unpaired) electrons. The Balaban J connectivity index is 3.38. The third-order valence-electron chi connectivity index (χ3n) is 2.47. The first-order valence-corrected chi connectivity index (χ1v) is 6.89. The Morgan fingerprint density at radius 3 is 1.50 bits per heavy atom. The molecule has 0 amide bonds. The molecule has 0 aliphatic carbocycles. The van der Waals surface area contributed by atoms with Crippen LogP contribution in [0.4, 0.5) is 0 Å². The molecule has 0 fully saturated rings. The van der Waals surface area contributed by atoms with Gasteiger partial charge in [-0.2, -0.15) is 0 Å². The van der Waals surface area contributed by atoms with E-state index in [4.69, 9.17) is 22.3 Å². The summed E-state index contributed by atoms with van der Waals surface area (Å²) in [6, 6.07) is 0. The Kier molecular flexibility index (Phi) is 12.2. The summed E-state index contributed by atoms with van der Waals surface area (Å²) in [6.45, 7) is 0.723. The second-order valence-corrected chi connectivity index (χ2v) is 4.26. The standard InChI is InChI=1S/C16H22O4/c1-3-5-9-13-19-15(17)11-7-8-12-16(18)20-14-10-6-4-2/h1-2H,5-14H2. The lowest BCUT2D eigenvalue weighted by Crippen LogP contribution is -2.08. The van der Waals surface area contributed by atoms with Crippen LogP contribution in [0.15, 0.2) is 0 Å². The minimum absolute atomic E-state index is 0.246. The lowest BCUT2D eigenvalue weighted by Gasteiger charge is -2.04. The van der Waals surface area contributed by atoms with E-state index in [1.165, 1.54) is 0 Å². The summed E-state index contributed by atoms with van der Waals surface area (Å²) in [7, 11) is 0. The molecular formula is C16H22O4. The van der Waals surface area contributed by atoms with E-state index < -0.39 is 0 Å². The lowest BCUT2D eigenvalue weighted by atomic mass is 10.2. The van der Waals surface area contributed by atoms with Crippen molar-refractivity contribution in [2.45, 2.75) is 51.4 Å². The highest BCUT2D eigenvalue weighted by Gasteiger charge is 2.05. The zero-order valence-corrected chi connectivity index (χ0v) is 11.9. The minimum Gasteiger partial charge on any atom is -0.466 e. The highest BCUT2D eigenvalue weighted by molar-refractivity contribution is 5.70. The fraction of sp³-hybridized carbons (Fsp3) is 0.625. The van der Waals surface area contributed by atoms with Gasteiger partial charge in [0.2, 0.25) is 0 Å². The summed E-state index contributed by atoms with van der Waals surface area (Å²) in [6.07, 6.45) is 14.6. The number of carbonyl (C=O) groups excluding carboxylic acids is 2. The zero-order valence-electron chi connectivity index (χ0n) is 11.9. The van der Waals surface area contributed by atoms with E-state index >= 15 is 0 Å². The van der Waals surface area contributed by atoms with Gasteiger partial charge >= 0.3 is 11.9 Å². The van der Waals surface area contributed by atoms with Crippen LogP contribution in [0.2, 0.25) is 0 Å². The van der Waals surface area contributed by atoms with Gasteiger partial charge in [-0.1, -0.05) is 0 Å². The molecule has 0 aromatic heterocycles. The van der Waals surface area contributed by atoms with E-state index in [9.17, 15) is 9.59 Å². The maximum atomic E-state index is 11.3. The Bertz CT molecular complexity index is 324. The number of terminal acetylenes is 2. The second-order valence-electron chi connectivity index (χ2n) is 4.26. The van der Waals surface area contributed by atoms with Gasteiger partial charge in [0.1, 0.15) is 0 Å². The molecule has 0 aromatic rings. The molecular weight excluding hydrogens is 256 g/mol. The van der Waals surface area contributed by atoms with Crippen LogP contribution in [0.3, 0.4) is 0 Å². The van der Waals surface area contributed by atoms with Crippen LogP contribution in [0, 0.1) is 24.7 Å². The van der Waals surface area contributed by atoms with Gasteiger partial charge in [-0.25, -0.2) is 0 Å². The van der Waals surface area contributed by atoms with Gasteiger partial charge < -0.3 is 9.47 Å². The number of hydrogen-bond acceptors (Lipinski definition) is 4. The zero-order chi connectivity index (χ0) is 15.1. The quantitative estimate of drug-likeness (QED) is 0.331. The summed E-state index contributed by atoms with van der Waals surface area (Å²) < 4.78 is 9.95. The van der Waals surface area contributed by atoms with Crippen molar-refractivity contribution in [2.75, 3.05) is 13.2 Å². The molecule has 0 bridgehead atoms. The summed E-state index contributed by atoms with van der Waals surface area (Å²) >= 11 is 0. The highest BCUT2D eigenvalue weighted by Crippen LogP contribution is 2.04. The third-order valence-corrected chi connectivity index (χ3v) is 2.47. The van der Waals surface area contributed by atoms with Gasteiger partial charge in [-0.3, -0.25) is 9.59 Å². The van der Waals surface area contributed by atoms with Gasteiger partial charge in [-0.05, 0) is 25.7 Å². The molecule has 0 N–H and O–H groups in total. The van der Waals surface area contributed by atoms with Gasteiger partial charge in [0.05, 0.1) is 13.2 Å². The van der Waals surface area contributed by atoms with Crippen LogP contribution in [0.5, 0.6) is 0 Å². The SMILES string of the molecule is C#CCCCOC(=O)CCCCC(=O)OCCCC#C. The summed E-state index contributed by atoms with van der Waals surface area (Å²) in [4.78, 5) is 22.6. The van der Waals surface area contributed by atoms with Crippen LogP contribution < -0.4 is 0 Å². The van der Waals surface area contributed by atoms with Crippen molar-refractivity contribution in [3.05, 3.63) is 0 Å². The van der Waals surface area contributed by atoms with Crippen molar-refractivity contribution in [1.29, 1.82) is 0 Å². The van der Waals surface area contributed by atoms with Crippen LogP contribution in [0.25, 0.3) is 0 Å². The topological polar surface area (TPSA) is 52.6 Å². The molecule has 0 rings (SSSR count). The van der Waals surface area contributed by atoms with Crippen molar-refractivity contribution in [1.82, 2.24) is 0 Å². The Labute approximate surface area is 121 Å². The van der Waals surface area contributed by atoms with E-state index in [1.54, 1.807) is 0 Å². The minimum atomic E-state index is -0.246. The van der Waals surface area contributed by atoms with Crippen LogP contribution in [-0.4, -0.2) is 25.2 Å². The molecule has 4 heteroatoms. The lowest BCUT2D eigenvalue weighted by molar-refractivity contribution is -0.146. The summed E-state index contributed by atoms with van der Waals surface area (Å²) in [5, 5.41) is 0. The molecule has 0 saturated heterocycles. The summed E-state index contributed by atoms with van der Waals surface area (Å²) in [5.41, 5.74) is 0. The van der Waals surface area contributed by atoms with Crippen molar-refractivity contribution in [3.63, 3.8) is 0 Å². The van der Waals surface area contributed by atoms with E-state index in [2.05, 4.69) is 11.8 Å². The fourth-order valence-corrected chi connectivity index (χ4v) is 1.40. The average Bonchev–Trinajstić information content (AvgIpc) is 2.44. The van der Waals surface area contributed by atoms with Crippen molar-refractivity contribution in [2.24, 2.45) is 0 Å². The molecule has 0 spiro atoms. The molecule has 4 nitrogen and oxygen atoms in total. The average molecular weight is 278 g/mol. The Morgan fingerprint density at radius 2 is 1.15 bits per heavy atom. The van der Waals surface area contributed by atoms with Gasteiger partial charge in [0.25, 0.3) is 0 Å². The van der Waals surface area contributed by atoms with Crippen molar-refractivity contribution in [3.8, 4) is 24.7 Å². The summed E-state index contributed by atoms with van der Waals surface area (Å²) in [5.74, 6) is 4.46. The molecule has 0 heterocycles. The normalized spacial score (nSPS) is 9.30. The first kappa shape index (κ1) is 18.1. The van der Waals surface area contributed by atoms with Crippen LogP contribution >= 0.6 is 0 Å². The van der Waals surface area contributed by atoms with Crippen LogP contribution in [-0.2, 0) is 19.1 Å². The third kappa shape index (κ3) is 12.5. The Hall–Kier alpha value is -1.94. The van der Waals surface area contributed by atoms with Crippen LogP contribution in [0.1, 0.15) is 51.4 Å². The van der Waals surface area contributed by atoms with E-state index in [1.807, 2.05) is 0 Å². The predicted octanol–water partition coefficient (Wildman–Crippen LogP) is 2.46. The monoisotopic (exact) mass is 278 g/mol. The molecule has 0 aromatic carbocycles.